The van der Waals surface area contributed by atoms with Crippen molar-refractivity contribution in [2.45, 2.75) is 37.6 Å². The summed E-state index contributed by atoms with van der Waals surface area (Å²) in [5.74, 6) is -9.22. The van der Waals surface area contributed by atoms with E-state index in [-0.39, 0.29) is 11.1 Å². The second kappa shape index (κ2) is 10.9. The van der Waals surface area contributed by atoms with E-state index in [1.54, 1.807) is 0 Å². The number of phenols is 8. The average Bonchev–Trinajstić information content (AvgIpc) is 2.95. The zero-order chi connectivity index (χ0) is 32.2. The van der Waals surface area contributed by atoms with Gasteiger partial charge >= 0.3 is 5.97 Å². The molecule has 4 aromatic rings. The summed E-state index contributed by atoms with van der Waals surface area (Å²) in [4.78, 5) is 26.6. The van der Waals surface area contributed by atoms with E-state index in [2.05, 4.69) is 0 Å². The number of esters is 1. The fourth-order valence-corrected chi connectivity index (χ4v) is 4.55. The molecule has 16 heteroatoms. The van der Waals surface area contributed by atoms with E-state index >= 15 is 0 Å². The molecule has 16 nitrogen and oxygen atoms in total. The van der Waals surface area contributed by atoms with Crippen LogP contribution in [0, 0.1) is 0 Å². The van der Waals surface area contributed by atoms with Gasteiger partial charge in [-0.2, -0.15) is 0 Å². The van der Waals surface area contributed by atoms with Crippen molar-refractivity contribution >= 4 is 16.9 Å². The molecule has 10 N–H and O–H groups in total. The first-order chi connectivity index (χ1) is 20.7. The van der Waals surface area contributed by atoms with E-state index in [1.807, 2.05) is 0 Å². The zero-order valence-electron chi connectivity index (χ0n) is 22.3. The molecule has 2 heterocycles. The van der Waals surface area contributed by atoms with Crippen molar-refractivity contribution in [2.24, 2.45) is 0 Å². The van der Waals surface area contributed by atoms with Gasteiger partial charge in [-0.25, -0.2) is 4.79 Å². The molecule has 1 fully saturated rings. The number of hydrogen-bond acceptors (Lipinski definition) is 16. The Balaban J connectivity index is 1.64. The van der Waals surface area contributed by atoms with Gasteiger partial charge in [0.25, 0.3) is 0 Å². The molecule has 232 valence electrons. The Morgan fingerprint density at radius 1 is 0.773 bits per heavy atom. The monoisotopic (exact) mass is 616 g/mol. The van der Waals surface area contributed by atoms with Crippen molar-refractivity contribution < 1.29 is 74.5 Å². The molecule has 0 bridgehead atoms. The second-order valence-corrected chi connectivity index (χ2v) is 9.83. The number of phenolic OH excluding ortho intramolecular Hbond substituents is 8. The summed E-state index contributed by atoms with van der Waals surface area (Å²) in [6.45, 7) is 1.31. The minimum atomic E-state index is -1.93. The molecule has 3 aromatic carbocycles. The predicted octanol–water partition coefficient (Wildman–Crippen LogP) is 1.18. The molecule has 1 aliphatic heterocycles. The van der Waals surface area contributed by atoms with Crippen molar-refractivity contribution in [2.75, 3.05) is 0 Å². The third-order valence-corrected chi connectivity index (χ3v) is 6.82. The molecule has 0 unspecified atom stereocenters. The largest absolute Gasteiger partial charge is 0.508 e. The fourth-order valence-electron chi connectivity index (χ4n) is 4.55. The van der Waals surface area contributed by atoms with Gasteiger partial charge in [0.2, 0.25) is 17.5 Å². The maximum absolute atomic E-state index is 13.7. The quantitative estimate of drug-likeness (QED) is 0.111. The van der Waals surface area contributed by atoms with E-state index in [0.29, 0.717) is 0 Å². The SMILES string of the molecule is C[C@@H]1O[C@H](Oc2c(-c3cc(O)c(O)c(O)c3)oc3cc(O)cc(O)c3c2=O)[C@@H](OC(=O)c2cc(O)c(O)c(O)c2)[C@H](O)[C@H]1O. The number of aliphatic hydroxyl groups is 2. The molecule has 5 atom stereocenters. The van der Waals surface area contributed by atoms with Gasteiger partial charge in [0.05, 0.1) is 11.7 Å². The molecular weight excluding hydrogens is 592 g/mol. The molecule has 0 saturated carbocycles. The summed E-state index contributed by atoms with van der Waals surface area (Å²) in [5.41, 5.74) is -2.28. The van der Waals surface area contributed by atoms with Crippen LogP contribution in [-0.2, 0) is 9.47 Å². The van der Waals surface area contributed by atoms with Gasteiger partial charge in [-0.3, -0.25) is 4.79 Å². The van der Waals surface area contributed by atoms with Crippen LogP contribution in [0.4, 0.5) is 0 Å². The Kier molecular flexibility index (Phi) is 7.42. The first-order valence-corrected chi connectivity index (χ1v) is 12.6. The molecule has 0 amide bonds. The second-order valence-electron chi connectivity index (χ2n) is 9.83. The highest BCUT2D eigenvalue weighted by Crippen LogP contribution is 2.43. The smallest absolute Gasteiger partial charge is 0.339 e. The third kappa shape index (κ3) is 5.13. The lowest BCUT2D eigenvalue weighted by Crippen LogP contribution is -2.60. The Bertz CT molecular complexity index is 1800. The Hall–Kier alpha value is -5.58. The molecule has 1 aliphatic rings. The van der Waals surface area contributed by atoms with E-state index in [1.165, 1.54) is 6.92 Å². The van der Waals surface area contributed by atoms with Crippen LogP contribution in [-0.4, -0.2) is 87.7 Å². The minimum absolute atomic E-state index is 0.275. The van der Waals surface area contributed by atoms with Gasteiger partial charge in [0.1, 0.15) is 34.7 Å². The number of aliphatic hydroxyl groups excluding tert-OH is 2. The van der Waals surface area contributed by atoms with Crippen LogP contribution < -0.4 is 10.2 Å². The predicted molar refractivity (Wildman–Crippen MR) is 144 cm³/mol. The van der Waals surface area contributed by atoms with Crippen molar-refractivity contribution in [1.82, 2.24) is 0 Å². The number of carbonyl (C=O) groups excluding carboxylic acids is 1. The molecular formula is C28H24O16. The number of benzene rings is 3. The van der Waals surface area contributed by atoms with Crippen LogP contribution in [0.3, 0.4) is 0 Å². The summed E-state index contributed by atoms with van der Waals surface area (Å²) < 4.78 is 22.3. The van der Waals surface area contributed by atoms with Crippen molar-refractivity contribution in [1.29, 1.82) is 0 Å². The Morgan fingerprint density at radius 3 is 1.93 bits per heavy atom. The summed E-state index contributed by atoms with van der Waals surface area (Å²) in [6, 6.07) is 5.02. The van der Waals surface area contributed by atoms with Gasteiger partial charge in [-0.15, -0.1) is 0 Å². The highest BCUT2D eigenvalue weighted by Gasteiger charge is 2.47. The van der Waals surface area contributed by atoms with Crippen molar-refractivity contribution in [3.05, 3.63) is 52.2 Å². The molecule has 44 heavy (non-hydrogen) atoms. The topological polar surface area (TPSA) is 277 Å². The number of aromatic hydroxyl groups is 8. The van der Waals surface area contributed by atoms with Gasteiger partial charge in [-0.05, 0) is 31.2 Å². The third-order valence-electron chi connectivity index (χ3n) is 6.82. The molecule has 0 spiro atoms. The molecule has 5 rings (SSSR count). The van der Waals surface area contributed by atoms with E-state index in [9.17, 15) is 60.7 Å². The van der Waals surface area contributed by atoms with E-state index in [0.717, 1.165) is 36.4 Å². The summed E-state index contributed by atoms with van der Waals surface area (Å²) in [6.07, 6.45) is -8.63. The van der Waals surface area contributed by atoms with E-state index in [4.69, 9.17) is 18.6 Å². The van der Waals surface area contributed by atoms with Gasteiger partial charge in [0, 0.05) is 17.7 Å². The minimum Gasteiger partial charge on any atom is -0.508 e. The highest BCUT2D eigenvalue weighted by atomic mass is 16.7. The number of carbonyl (C=O) groups is 1. The maximum atomic E-state index is 13.7. The highest BCUT2D eigenvalue weighted by molar-refractivity contribution is 5.91. The van der Waals surface area contributed by atoms with Crippen molar-refractivity contribution in [3.8, 4) is 63.1 Å². The fraction of sp³-hybridized carbons (Fsp3) is 0.214. The number of hydrogen-bond donors (Lipinski definition) is 10. The standard InChI is InChI=1S/C28H24O16/c1-8-19(35)23(39)26(43-27(40)10-4-15(33)21(37)16(34)5-10)28(41-8)44-25-22(38)18-12(30)6-11(29)7-17(18)42-24(25)9-2-13(31)20(36)14(32)3-9/h2-8,19,23,26,28-37,39H,1H3/t8-,19-,23+,26-,28+/m0/s1. The first kappa shape index (κ1) is 29.9. The lowest BCUT2D eigenvalue weighted by Gasteiger charge is -2.40. The Labute approximate surface area is 244 Å². The lowest BCUT2D eigenvalue weighted by molar-refractivity contribution is -0.267. The number of ether oxygens (including phenoxy) is 3. The van der Waals surface area contributed by atoms with Crippen LogP contribution >= 0.6 is 0 Å². The summed E-state index contributed by atoms with van der Waals surface area (Å²) in [7, 11) is 0. The van der Waals surface area contributed by atoms with Crippen LogP contribution in [0.25, 0.3) is 22.3 Å². The number of rotatable bonds is 5. The van der Waals surface area contributed by atoms with E-state index < -0.39 is 111 Å². The van der Waals surface area contributed by atoms with Crippen LogP contribution in [0.5, 0.6) is 51.7 Å². The van der Waals surface area contributed by atoms with Crippen LogP contribution in [0.2, 0.25) is 0 Å². The zero-order valence-corrected chi connectivity index (χ0v) is 22.3. The molecule has 1 aromatic heterocycles. The molecule has 0 radical (unpaired) electrons. The molecule has 1 saturated heterocycles. The summed E-state index contributed by atoms with van der Waals surface area (Å²) in [5, 5.41) is 100. The van der Waals surface area contributed by atoms with Gasteiger partial charge in [0.15, 0.2) is 46.4 Å². The van der Waals surface area contributed by atoms with Gasteiger partial charge in [-0.1, -0.05) is 0 Å². The van der Waals surface area contributed by atoms with Crippen molar-refractivity contribution in [3.63, 3.8) is 0 Å². The maximum Gasteiger partial charge on any atom is 0.339 e. The van der Waals surface area contributed by atoms with Crippen LogP contribution in [0.15, 0.2) is 45.6 Å². The summed E-state index contributed by atoms with van der Waals surface area (Å²) >= 11 is 0. The van der Waals surface area contributed by atoms with Crippen LogP contribution in [0.1, 0.15) is 17.3 Å². The lowest BCUT2D eigenvalue weighted by atomic mass is 9.99. The molecule has 0 aliphatic carbocycles. The normalized spacial score (nSPS) is 21.7. The van der Waals surface area contributed by atoms with Gasteiger partial charge < -0.3 is 69.7 Å². The first-order valence-electron chi connectivity index (χ1n) is 12.6. The number of fused-ring (bicyclic) bond motifs is 1. The Morgan fingerprint density at radius 2 is 1.34 bits per heavy atom. The average molecular weight is 616 g/mol.